The van der Waals surface area contributed by atoms with Crippen LogP contribution in [0.2, 0.25) is 0 Å². The molecule has 1 aliphatic rings. The van der Waals surface area contributed by atoms with Gasteiger partial charge in [0.2, 0.25) is 0 Å². The second-order valence-electron chi connectivity index (χ2n) is 10.5. The van der Waals surface area contributed by atoms with E-state index in [1.54, 1.807) is 19.4 Å². The molecular weight excluding hydrogens is 467 g/mol. The highest BCUT2D eigenvalue weighted by atomic mass is 19.1. The van der Waals surface area contributed by atoms with E-state index >= 15 is 4.39 Å². The summed E-state index contributed by atoms with van der Waals surface area (Å²) in [6, 6.07) is 16.0. The second-order valence-corrected chi connectivity index (χ2v) is 10.5. The summed E-state index contributed by atoms with van der Waals surface area (Å²) in [5.41, 5.74) is 4.07. The maximum atomic E-state index is 15.6. The van der Waals surface area contributed by atoms with Gasteiger partial charge in [0.25, 0.3) is 0 Å². The van der Waals surface area contributed by atoms with Crippen molar-refractivity contribution in [2.75, 3.05) is 26.7 Å². The van der Waals surface area contributed by atoms with Gasteiger partial charge in [-0.05, 0) is 106 Å². The Morgan fingerprint density at radius 3 is 2.84 bits per heavy atom. The molecule has 0 spiro atoms. The molecule has 1 saturated heterocycles. The molecule has 0 amide bonds. The highest BCUT2D eigenvalue weighted by molar-refractivity contribution is 5.83. The fourth-order valence-corrected chi connectivity index (χ4v) is 5.81. The van der Waals surface area contributed by atoms with Crippen LogP contribution in [0, 0.1) is 18.8 Å². The van der Waals surface area contributed by atoms with Crippen LogP contribution in [0.25, 0.3) is 10.9 Å². The van der Waals surface area contributed by atoms with Crippen LogP contribution in [0.15, 0.2) is 54.7 Å². The smallest absolute Gasteiger partial charge is 0.303 e. The van der Waals surface area contributed by atoms with Crippen LogP contribution in [0.5, 0.6) is 5.75 Å². The number of carboxylic acid groups (broad SMARTS) is 1. The van der Waals surface area contributed by atoms with Gasteiger partial charge in [-0.1, -0.05) is 29.8 Å². The Bertz CT molecular complexity index is 1180. The number of hydrogen-bond donors (Lipinski definition) is 1. The predicted octanol–water partition coefficient (Wildman–Crippen LogP) is 6.78. The Labute approximate surface area is 219 Å². The molecule has 0 saturated carbocycles. The van der Waals surface area contributed by atoms with Crippen molar-refractivity contribution in [1.82, 2.24) is 9.88 Å². The Morgan fingerprint density at radius 2 is 2.05 bits per heavy atom. The third kappa shape index (κ3) is 7.51. The number of methoxy groups -OCH3 is 1. The first kappa shape index (κ1) is 27.1. The highest BCUT2D eigenvalue weighted by Gasteiger charge is 2.30. The first-order valence-electron chi connectivity index (χ1n) is 13.5. The van der Waals surface area contributed by atoms with E-state index in [4.69, 9.17) is 4.74 Å². The number of aliphatic carboxylic acids is 1. The molecule has 3 atom stereocenters. The number of aryl methyl sites for hydroxylation is 2. The zero-order chi connectivity index (χ0) is 26.2. The third-order valence-electron chi connectivity index (χ3n) is 7.84. The minimum absolute atomic E-state index is 0.173. The number of alkyl halides is 1. The normalized spacial score (nSPS) is 19.1. The molecule has 37 heavy (non-hydrogen) atoms. The van der Waals surface area contributed by atoms with Gasteiger partial charge in [0.05, 0.1) is 12.6 Å². The van der Waals surface area contributed by atoms with Crippen molar-refractivity contribution in [3.8, 4) is 5.75 Å². The fourth-order valence-electron chi connectivity index (χ4n) is 5.81. The van der Waals surface area contributed by atoms with E-state index < -0.39 is 12.1 Å². The van der Waals surface area contributed by atoms with Crippen LogP contribution < -0.4 is 4.74 Å². The number of fused-ring (bicyclic) bond motifs is 1. The number of carbonyl (C=O) groups is 1. The van der Waals surface area contributed by atoms with Crippen molar-refractivity contribution in [3.63, 3.8) is 0 Å². The number of likely N-dealkylation sites (tertiary alicyclic amines) is 1. The van der Waals surface area contributed by atoms with Gasteiger partial charge in [0, 0.05) is 24.5 Å². The summed E-state index contributed by atoms with van der Waals surface area (Å²) in [4.78, 5) is 18.2. The summed E-state index contributed by atoms with van der Waals surface area (Å²) in [7, 11) is 1.61. The molecule has 5 nitrogen and oxygen atoms in total. The molecule has 2 aromatic carbocycles. The van der Waals surface area contributed by atoms with Crippen LogP contribution in [-0.2, 0) is 11.2 Å². The van der Waals surface area contributed by atoms with Gasteiger partial charge in [0.15, 0.2) is 0 Å². The topological polar surface area (TPSA) is 62.7 Å². The van der Waals surface area contributed by atoms with Crippen LogP contribution in [0.3, 0.4) is 0 Å². The summed E-state index contributed by atoms with van der Waals surface area (Å²) in [5.74, 6) is 0.562. The van der Waals surface area contributed by atoms with Crippen molar-refractivity contribution in [3.05, 3.63) is 71.4 Å². The molecule has 3 aromatic rings. The minimum Gasteiger partial charge on any atom is -0.497 e. The van der Waals surface area contributed by atoms with E-state index in [0.29, 0.717) is 30.1 Å². The number of benzene rings is 2. The number of aromatic nitrogens is 1. The van der Waals surface area contributed by atoms with E-state index in [2.05, 4.69) is 41.1 Å². The van der Waals surface area contributed by atoms with Crippen molar-refractivity contribution in [2.45, 2.75) is 58.0 Å². The fraction of sp³-hybridized carbons (Fsp3) is 0.484. The van der Waals surface area contributed by atoms with Gasteiger partial charge < -0.3 is 14.7 Å². The standard InChI is InChI=1S/C31H39FN2O3/c1-22-5-3-6-23(19-22)7-4-17-34-18-15-24(25(21-34)9-13-31(35)36)8-11-29(32)27-14-16-33-30-12-10-26(37-2)20-28(27)30/h3,5-6,10,12,14,16,19-20,24-25,29H,4,7-9,11,13,15,17-18,21H2,1-2H3,(H,35,36)/t24-,25+,29?/m1/s1. The number of ether oxygens (including phenoxy) is 1. The van der Waals surface area contributed by atoms with Gasteiger partial charge in [-0.2, -0.15) is 0 Å². The van der Waals surface area contributed by atoms with Crippen LogP contribution in [0.1, 0.15) is 61.4 Å². The maximum Gasteiger partial charge on any atom is 0.303 e. The van der Waals surface area contributed by atoms with Crippen LogP contribution in [0.4, 0.5) is 4.39 Å². The van der Waals surface area contributed by atoms with E-state index in [9.17, 15) is 9.90 Å². The van der Waals surface area contributed by atoms with Crippen molar-refractivity contribution in [2.24, 2.45) is 11.8 Å². The Kier molecular flexibility index (Phi) is 9.51. The van der Waals surface area contributed by atoms with Crippen molar-refractivity contribution in [1.29, 1.82) is 0 Å². The van der Waals surface area contributed by atoms with Gasteiger partial charge in [-0.25, -0.2) is 4.39 Å². The van der Waals surface area contributed by atoms with Crippen LogP contribution in [-0.4, -0.2) is 47.7 Å². The molecule has 0 radical (unpaired) electrons. The molecule has 198 valence electrons. The minimum atomic E-state index is -1.09. The number of halogens is 1. The van der Waals surface area contributed by atoms with Gasteiger partial charge in [-0.3, -0.25) is 9.78 Å². The van der Waals surface area contributed by atoms with E-state index in [-0.39, 0.29) is 12.3 Å². The quantitative estimate of drug-likeness (QED) is 0.293. The summed E-state index contributed by atoms with van der Waals surface area (Å²) in [6.07, 6.45) is 5.72. The number of hydrogen-bond acceptors (Lipinski definition) is 4. The lowest BCUT2D eigenvalue weighted by Gasteiger charge is -2.39. The highest BCUT2D eigenvalue weighted by Crippen LogP contribution is 2.36. The SMILES string of the molecule is COc1ccc2nccc(C(F)CC[C@@H]3CCN(CCCc4cccc(C)c4)C[C@@H]3CCC(=O)O)c2c1. The zero-order valence-corrected chi connectivity index (χ0v) is 22.0. The van der Waals surface area contributed by atoms with E-state index in [1.165, 1.54) is 11.1 Å². The Morgan fingerprint density at radius 1 is 1.19 bits per heavy atom. The number of nitrogens with zero attached hydrogens (tertiary/aromatic N) is 2. The number of piperidine rings is 1. The summed E-state index contributed by atoms with van der Waals surface area (Å²) >= 11 is 0. The average Bonchev–Trinajstić information content (AvgIpc) is 2.90. The Hall–Kier alpha value is -2.99. The molecule has 0 bridgehead atoms. The summed E-state index contributed by atoms with van der Waals surface area (Å²) in [6.45, 7) is 5.03. The third-order valence-corrected chi connectivity index (χ3v) is 7.84. The molecule has 2 heterocycles. The molecule has 1 fully saturated rings. The molecule has 1 unspecified atom stereocenters. The van der Waals surface area contributed by atoms with Crippen molar-refractivity contribution < 1.29 is 19.0 Å². The van der Waals surface area contributed by atoms with E-state index in [0.717, 1.165) is 56.2 Å². The summed E-state index contributed by atoms with van der Waals surface area (Å²) < 4.78 is 20.9. The van der Waals surface area contributed by atoms with E-state index in [1.807, 2.05) is 18.2 Å². The maximum absolute atomic E-state index is 15.6. The molecule has 1 aliphatic heterocycles. The predicted molar refractivity (Wildman–Crippen MR) is 146 cm³/mol. The Balaban J connectivity index is 1.35. The first-order valence-corrected chi connectivity index (χ1v) is 13.5. The molecule has 1 N–H and O–H groups in total. The lowest BCUT2D eigenvalue weighted by atomic mass is 9.79. The molecule has 6 heteroatoms. The largest absolute Gasteiger partial charge is 0.497 e. The van der Waals surface area contributed by atoms with Crippen molar-refractivity contribution >= 4 is 16.9 Å². The lowest BCUT2D eigenvalue weighted by Crippen LogP contribution is -2.41. The molecule has 0 aliphatic carbocycles. The molecular formula is C31H39FN2O3. The monoisotopic (exact) mass is 506 g/mol. The summed E-state index contributed by atoms with van der Waals surface area (Å²) in [5, 5.41) is 10.1. The lowest BCUT2D eigenvalue weighted by molar-refractivity contribution is -0.137. The molecule has 1 aromatic heterocycles. The van der Waals surface area contributed by atoms with Gasteiger partial charge in [0.1, 0.15) is 11.9 Å². The average molecular weight is 507 g/mol. The van der Waals surface area contributed by atoms with Crippen LogP contribution >= 0.6 is 0 Å². The number of pyridine rings is 1. The molecule has 4 rings (SSSR count). The van der Waals surface area contributed by atoms with Gasteiger partial charge in [-0.15, -0.1) is 0 Å². The second kappa shape index (κ2) is 13.0. The van der Waals surface area contributed by atoms with Gasteiger partial charge >= 0.3 is 5.97 Å². The first-order chi connectivity index (χ1) is 17.9. The number of carboxylic acids is 1. The number of rotatable bonds is 12. The zero-order valence-electron chi connectivity index (χ0n) is 22.0.